The molecule has 0 atom stereocenters. The van der Waals surface area contributed by atoms with E-state index in [4.69, 9.17) is 21.7 Å². The highest BCUT2D eigenvalue weighted by Gasteiger charge is 2.35. The molecule has 2 amide bonds. The van der Waals surface area contributed by atoms with Crippen molar-refractivity contribution in [3.05, 3.63) is 57.8 Å². The average molecular weight is 479 g/mol. The number of amides is 2. The van der Waals surface area contributed by atoms with Gasteiger partial charge < -0.3 is 9.47 Å². The van der Waals surface area contributed by atoms with E-state index in [0.29, 0.717) is 28.1 Å². The quantitative estimate of drug-likeness (QED) is 0.401. The first-order valence-electron chi connectivity index (χ1n) is 8.53. The second kappa shape index (κ2) is 8.71. The molecule has 0 saturated carbocycles. The fourth-order valence-electron chi connectivity index (χ4n) is 2.78. The van der Waals surface area contributed by atoms with Gasteiger partial charge in [-0.1, -0.05) is 12.1 Å². The van der Waals surface area contributed by atoms with Crippen LogP contribution in [-0.2, 0) is 9.59 Å². The summed E-state index contributed by atoms with van der Waals surface area (Å²) in [6.45, 7) is 2.28. The molecular weight excluding hydrogens is 463 g/mol. The average Bonchev–Trinajstić information content (AvgIpc) is 2.68. The van der Waals surface area contributed by atoms with Crippen molar-refractivity contribution in [2.75, 3.05) is 18.6 Å². The van der Waals surface area contributed by atoms with Gasteiger partial charge in [0.1, 0.15) is 11.4 Å². The molecule has 0 aromatic heterocycles. The minimum Gasteiger partial charge on any atom is -0.493 e. The van der Waals surface area contributed by atoms with Gasteiger partial charge in [0.05, 0.1) is 23.9 Å². The second-order valence-electron chi connectivity index (χ2n) is 5.88. The maximum Gasteiger partial charge on any atom is 0.270 e. The van der Waals surface area contributed by atoms with Crippen LogP contribution in [0.3, 0.4) is 0 Å². The molecule has 2 aromatic carbocycles. The van der Waals surface area contributed by atoms with E-state index in [1.54, 1.807) is 18.2 Å². The number of thiocarbonyl (C=S) groups is 1. The fraction of sp³-hybridized carbons (Fsp3) is 0.150. The molecule has 1 heterocycles. The minimum atomic E-state index is -0.729. The summed E-state index contributed by atoms with van der Waals surface area (Å²) in [4.78, 5) is 26.4. The number of hydrogen-bond donors (Lipinski definition) is 1. The Morgan fingerprint density at radius 1 is 1.28 bits per heavy atom. The number of carbonyl (C=O) groups is 2. The van der Waals surface area contributed by atoms with Crippen LogP contribution in [0, 0.1) is 5.82 Å². The van der Waals surface area contributed by atoms with E-state index in [0.717, 1.165) is 4.90 Å². The van der Waals surface area contributed by atoms with Gasteiger partial charge in [0.25, 0.3) is 11.8 Å². The summed E-state index contributed by atoms with van der Waals surface area (Å²) in [5, 5.41) is 2.24. The van der Waals surface area contributed by atoms with Gasteiger partial charge in [-0.05, 0) is 71.0 Å². The van der Waals surface area contributed by atoms with Gasteiger partial charge in [0, 0.05) is 0 Å². The number of para-hydroxylation sites is 1. The maximum atomic E-state index is 14.2. The van der Waals surface area contributed by atoms with Gasteiger partial charge in [0.2, 0.25) is 0 Å². The van der Waals surface area contributed by atoms with Crippen LogP contribution in [0.1, 0.15) is 12.5 Å². The zero-order chi connectivity index (χ0) is 21.1. The fourth-order valence-corrected chi connectivity index (χ4v) is 3.63. The highest BCUT2D eigenvalue weighted by atomic mass is 79.9. The van der Waals surface area contributed by atoms with Crippen LogP contribution in [0.2, 0.25) is 0 Å². The molecule has 0 spiro atoms. The monoisotopic (exact) mass is 478 g/mol. The number of nitrogens with one attached hydrogen (secondary N) is 1. The van der Waals surface area contributed by atoms with Crippen LogP contribution < -0.4 is 19.7 Å². The van der Waals surface area contributed by atoms with Crippen molar-refractivity contribution in [2.45, 2.75) is 6.92 Å². The molecule has 1 saturated heterocycles. The molecule has 2 aromatic rings. The second-order valence-corrected chi connectivity index (χ2v) is 7.12. The van der Waals surface area contributed by atoms with E-state index in [1.165, 1.54) is 31.4 Å². The van der Waals surface area contributed by atoms with Gasteiger partial charge >= 0.3 is 0 Å². The zero-order valence-electron chi connectivity index (χ0n) is 15.5. The topological polar surface area (TPSA) is 67.9 Å². The zero-order valence-corrected chi connectivity index (χ0v) is 17.9. The maximum absolute atomic E-state index is 14.2. The van der Waals surface area contributed by atoms with Crippen LogP contribution in [-0.4, -0.2) is 30.6 Å². The van der Waals surface area contributed by atoms with E-state index < -0.39 is 17.6 Å². The van der Waals surface area contributed by atoms with Crippen molar-refractivity contribution in [2.24, 2.45) is 0 Å². The van der Waals surface area contributed by atoms with Crippen molar-refractivity contribution in [1.82, 2.24) is 5.32 Å². The highest BCUT2D eigenvalue weighted by Crippen LogP contribution is 2.37. The third-order valence-electron chi connectivity index (χ3n) is 4.05. The number of carbonyl (C=O) groups excluding carboxylic acids is 2. The molecule has 0 radical (unpaired) electrons. The molecule has 6 nitrogen and oxygen atoms in total. The molecule has 3 rings (SSSR count). The Labute approximate surface area is 180 Å². The third-order valence-corrected chi connectivity index (χ3v) is 4.92. The van der Waals surface area contributed by atoms with E-state index in [1.807, 2.05) is 6.92 Å². The molecule has 1 fully saturated rings. The number of halogens is 2. The van der Waals surface area contributed by atoms with Gasteiger partial charge in [0.15, 0.2) is 16.6 Å². The SMILES string of the molecule is CCOc1c(Br)cc(/C=C2\C(=O)NC(=S)N(c3ccccc3F)C2=O)cc1OC. The number of anilines is 1. The van der Waals surface area contributed by atoms with Crippen LogP contribution >= 0.6 is 28.1 Å². The Balaban J connectivity index is 2.05. The summed E-state index contributed by atoms with van der Waals surface area (Å²) in [5.41, 5.74) is 0.274. The Kier molecular flexibility index (Phi) is 6.29. The first-order valence-corrected chi connectivity index (χ1v) is 9.73. The van der Waals surface area contributed by atoms with E-state index in [-0.39, 0.29) is 16.4 Å². The summed E-state index contributed by atoms with van der Waals surface area (Å²) in [6.07, 6.45) is 1.39. The lowest BCUT2D eigenvalue weighted by atomic mass is 10.1. The molecule has 0 bridgehead atoms. The Hall–Kier alpha value is -2.78. The summed E-state index contributed by atoms with van der Waals surface area (Å²) < 4.78 is 25.7. The minimum absolute atomic E-state index is 0.0427. The predicted octanol–water partition coefficient (Wildman–Crippen LogP) is 3.83. The molecular formula is C20H16BrFN2O4S. The standard InChI is InChI=1S/C20H16BrFN2O4S/c1-3-28-17-13(21)9-11(10-16(17)27-2)8-12-18(25)23-20(29)24(19(12)26)15-7-5-4-6-14(15)22/h4-10H,3H2,1-2H3,(H,23,25,29)/b12-8+. The summed E-state index contributed by atoms with van der Waals surface area (Å²) in [5.74, 6) is -1.10. The molecule has 1 N–H and O–H groups in total. The largest absolute Gasteiger partial charge is 0.493 e. The van der Waals surface area contributed by atoms with Crippen LogP contribution in [0.25, 0.3) is 6.08 Å². The number of benzene rings is 2. The van der Waals surface area contributed by atoms with Gasteiger partial charge in [-0.15, -0.1) is 0 Å². The van der Waals surface area contributed by atoms with Gasteiger partial charge in [-0.3, -0.25) is 14.9 Å². The van der Waals surface area contributed by atoms with Gasteiger partial charge in [-0.25, -0.2) is 9.29 Å². The molecule has 1 aliphatic rings. The van der Waals surface area contributed by atoms with Crippen LogP contribution in [0.5, 0.6) is 11.5 Å². The number of rotatable bonds is 5. The van der Waals surface area contributed by atoms with E-state index >= 15 is 0 Å². The normalized spacial score (nSPS) is 15.5. The third kappa shape index (κ3) is 4.15. The Bertz CT molecular complexity index is 1040. The van der Waals surface area contributed by atoms with E-state index in [9.17, 15) is 14.0 Å². The van der Waals surface area contributed by atoms with Crippen molar-refractivity contribution in [1.29, 1.82) is 0 Å². The lowest BCUT2D eigenvalue weighted by Crippen LogP contribution is -2.54. The van der Waals surface area contributed by atoms with Crippen molar-refractivity contribution >= 4 is 56.8 Å². The number of methoxy groups -OCH3 is 1. The van der Waals surface area contributed by atoms with Crippen LogP contribution in [0.4, 0.5) is 10.1 Å². The van der Waals surface area contributed by atoms with Crippen molar-refractivity contribution < 1.29 is 23.5 Å². The first-order chi connectivity index (χ1) is 13.9. The Morgan fingerprint density at radius 3 is 2.66 bits per heavy atom. The molecule has 29 heavy (non-hydrogen) atoms. The molecule has 9 heteroatoms. The lowest BCUT2D eigenvalue weighted by molar-refractivity contribution is -0.122. The summed E-state index contributed by atoms with van der Waals surface area (Å²) in [7, 11) is 1.48. The number of ether oxygens (including phenoxy) is 2. The molecule has 0 unspecified atom stereocenters. The van der Waals surface area contributed by atoms with Crippen LogP contribution in [0.15, 0.2) is 46.4 Å². The highest BCUT2D eigenvalue weighted by molar-refractivity contribution is 9.10. The van der Waals surface area contributed by atoms with E-state index in [2.05, 4.69) is 21.2 Å². The van der Waals surface area contributed by atoms with Gasteiger partial charge in [-0.2, -0.15) is 0 Å². The number of nitrogens with zero attached hydrogens (tertiary/aromatic N) is 1. The molecule has 1 aliphatic heterocycles. The lowest BCUT2D eigenvalue weighted by Gasteiger charge is -2.29. The first kappa shape index (κ1) is 20.9. The smallest absolute Gasteiger partial charge is 0.270 e. The Morgan fingerprint density at radius 2 is 2.00 bits per heavy atom. The molecule has 150 valence electrons. The summed E-state index contributed by atoms with van der Waals surface area (Å²) in [6, 6.07) is 8.99. The van der Waals surface area contributed by atoms with Crippen molar-refractivity contribution in [3.63, 3.8) is 0 Å². The molecule has 0 aliphatic carbocycles. The van der Waals surface area contributed by atoms with Crippen molar-refractivity contribution in [3.8, 4) is 11.5 Å². The number of hydrogen-bond acceptors (Lipinski definition) is 5. The predicted molar refractivity (Wildman–Crippen MR) is 114 cm³/mol. The summed E-state index contributed by atoms with van der Waals surface area (Å²) >= 11 is 8.48.